The summed E-state index contributed by atoms with van der Waals surface area (Å²) in [6.07, 6.45) is 0. The van der Waals surface area contributed by atoms with E-state index < -0.39 is 11.4 Å². The van der Waals surface area contributed by atoms with E-state index in [-0.39, 0.29) is 47.5 Å². The predicted octanol–water partition coefficient (Wildman–Crippen LogP) is 4.20. The van der Waals surface area contributed by atoms with E-state index in [1.165, 1.54) is 0 Å². The van der Waals surface area contributed by atoms with Crippen LogP contribution in [-0.4, -0.2) is 75.7 Å². The molecular weight excluding hydrogens is 480 g/mol. The molecule has 0 bridgehead atoms. The third kappa shape index (κ3) is 6.03. The smallest absolute Gasteiger partial charge is 0.342 e. The molecular formula is C27H35ClN4O4. The van der Waals surface area contributed by atoms with E-state index in [4.69, 9.17) is 16.3 Å². The van der Waals surface area contributed by atoms with E-state index in [0.717, 1.165) is 5.56 Å². The van der Waals surface area contributed by atoms with Gasteiger partial charge in [-0.05, 0) is 33.6 Å². The largest absolute Gasteiger partial charge is 0.462 e. The van der Waals surface area contributed by atoms with Gasteiger partial charge in [0.25, 0.3) is 5.91 Å². The van der Waals surface area contributed by atoms with Gasteiger partial charge in [0.2, 0.25) is 5.91 Å². The molecule has 2 aromatic rings. The van der Waals surface area contributed by atoms with E-state index in [0.29, 0.717) is 31.2 Å². The van der Waals surface area contributed by atoms with Crippen LogP contribution in [0.15, 0.2) is 30.3 Å². The standard InChI is InChI=1S/C27H35ClN4O4/c1-17(2)15-36-25(34)21-19(4)29-23(20-10-8-7-9-11-20)30-22(21)24(33)31-12-13-32(18(3)14-31)26(35)27(5,6)16-28/h7-11,17-18H,12-16H2,1-6H3. The summed E-state index contributed by atoms with van der Waals surface area (Å²) in [5.74, 6) is -0.328. The number of aryl methyl sites for hydroxylation is 1. The highest BCUT2D eigenvalue weighted by Crippen LogP contribution is 2.26. The molecule has 0 N–H and O–H groups in total. The summed E-state index contributed by atoms with van der Waals surface area (Å²) in [5, 5.41) is 0. The molecule has 1 aliphatic heterocycles. The average Bonchev–Trinajstić information content (AvgIpc) is 2.86. The summed E-state index contributed by atoms with van der Waals surface area (Å²) >= 11 is 6.02. The minimum Gasteiger partial charge on any atom is -0.462 e. The lowest BCUT2D eigenvalue weighted by Gasteiger charge is -2.42. The molecule has 3 rings (SSSR count). The highest BCUT2D eigenvalue weighted by molar-refractivity contribution is 6.19. The maximum atomic E-state index is 13.8. The fourth-order valence-electron chi connectivity index (χ4n) is 4.04. The topological polar surface area (TPSA) is 92.7 Å². The van der Waals surface area contributed by atoms with Crippen molar-refractivity contribution in [3.8, 4) is 11.4 Å². The number of piperazine rings is 1. The maximum absolute atomic E-state index is 13.8. The highest BCUT2D eigenvalue weighted by atomic mass is 35.5. The molecule has 1 aromatic heterocycles. The SMILES string of the molecule is Cc1nc(-c2ccccc2)nc(C(=O)N2CCN(C(=O)C(C)(C)CCl)C(C)C2)c1C(=O)OCC(C)C. The van der Waals surface area contributed by atoms with Crippen molar-refractivity contribution in [2.75, 3.05) is 32.1 Å². The van der Waals surface area contributed by atoms with Crippen molar-refractivity contribution in [2.45, 2.75) is 47.6 Å². The summed E-state index contributed by atoms with van der Waals surface area (Å²) in [6, 6.07) is 9.09. The zero-order valence-corrected chi connectivity index (χ0v) is 22.6. The van der Waals surface area contributed by atoms with Crippen molar-refractivity contribution in [1.82, 2.24) is 19.8 Å². The molecule has 1 unspecified atom stereocenters. The maximum Gasteiger partial charge on any atom is 0.342 e. The molecule has 0 aliphatic carbocycles. The van der Waals surface area contributed by atoms with Crippen LogP contribution in [0.1, 0.15) is 61.2 Å². The van der Waals surface area contributed by atoms with E-state index in [9.17, 15) is 14.4 Å². The van der Waals surface area contributed by atoms with Gasteiger partial charge in [-0.15, -0.1) is 11.6 Å². The van der Waals surface area contributed by atoms with Gasteiger partial charge < -0.3 is 14.5 Å². The quantitative estimate of drug-likeness (QED) is 0.406. The Bertz CT molecular complexity index is 1120. The number of ether oxygens (including phenoxy) is 1. The van der Waals surface area contributed by atoms with Crippen molar-refractivity contribution < 1.29 is 19.1 Å². The minimum atomic E-state index is -0.691. The third-order valence-corrected chi connectivity index (χ3v) is 6.83. The Kier molecular flexibility index (Phi) is 8.71. The Labute approximate surface area is 218 Å². The lowest BCUT2D eigenvalue weighted by atomic mass is 9.93. The summed E-state index contributed by atoms with van der Waals surface area (Å²) in [5.41, 5.74) is 0.525. The molecule has 36 heavy (non-hydrogen) atoms. The normalized spacial score (nSPS) is 16.3. The second kappa shape index (κ2) is 11.4. The number of rotatable bonds is 7. The van der Waals surface area contributed by atoms with Crippen LogP contribution < -0.4 is 0 Å². The summed E-state index contributed by atoms with van der Waals surface area (Å²) in [6.45, 7) is 12.3. The van der Waals surface area contributed by atoms with Gasteiger partial charge in [0.05, 0.1) is 17.7 Å². The van der Waals surface area contributed by atoms with Crippen LogP contribution in [0.2, 0.25) is 0 Å². The Morgan fingerprint density at radius 3 is 2.39 bits per heavy atom. The van der Waals surface area contributed by atoms with Crippen molar-refractivity contribution in [3.05, 3.63) is 47.3 Å². The van der Waals surface area contributed by atoms with Gasteiger partial charge in [-0.25, -0.2) is 14.8 Å². The molecule has 1 aliphatic rings. The van der Waals surface area contributed by atoms with Crippen molar-refractivity contribution >= 4 is 29.4 Å². The number of aromatic nitrogens is 2. The molecule has 0 radical (unpaired) electrons. The predicted molar refractivity (Wildman–Crippen MR) is 139 cm³/mol. The summed E-state index contributed by atoms with van der Waals surface area (Å²) < 4.78 is 5.46. The molecule has 1 saturated heterocycles. The number of hydrogen-bond donors (Lipinski definition) is 0. The Balaban J connectivity index is 1.95. The lowest BCUT2D eigenvalue weighted by molar-refractivity contribution is -0.143. The first-order chi connectivity index (χ1) is 17.0. The molecule has 8 nitrogen and oxygen atoms in total. The molecule has 1 aromatic carbocycles. The number of carbonyl (C=O) groups is 3. The summed E-state index contributed by atoms with van der Waals surface area (Å²) in [7, 11) is 0. The van der Waals surface area contributed by atoms with Crippen LogP contribution in [0.4, 0.5) is 0 Å². The van der Waals surface area contributed by atoms with Crippen molar-refractivity contribution in [2.24, 2.45) is 11.3 Å². The van der Waals surface area contributed by atoms with Gasteiger partial charge in [0, 0.05) is 37.1 Å². The molecule has 0 saturated carbocycles. The van der Waals surface area contributed by atoms with Gasteiger partial charge >= 0.3 is 5.97 Å². The van der Waals surface area contributed by atoms with Gasteiger partial charge in [0.15, 0.2) is 5.82 Å². The zero-order chi connectivity index (χ0) is 26.6. The van der Waals surface area contributed by atoms with E-state index in [2.05, 4.69) is 9.97 Å². The number of nitrogens with zero attached hydrogens (tertiary/aromatic N) is 4. The van der Waals surface area contributed by atoms with Crippen LogP contribution in [0.5, 0.6) is 0 Å². The second-order valence-electron chi connectivity index (χ2n) is 10.3. The monoisotopic (exact) mass is 514 g/mol. The molecule has 9 heteroatoms. The first-order valence-electron chi connectivity index (χ1n) is 12.2. The third-order valence-electron chi connectivity index (χ3n) is 6.16. The van der Waals surface area contributed by atoms with Gasteiger partial charge in [-0.1, -0.05) is 44.2 Å². The fourth-order valence-corrected chi connectivity index (χ4v) is 4.16. The number of carbonyl (C=O) groups excluding carboxylic acids is 3. The second-order valence-corrected chi connectivity index (χ2v) is 10.6. The molecule has 2 heterocycles. The van der Waals surface area contributed by atoms with E-state index in [1.54, 1.807) is 16.7 Å². The van der Waals surface area contributed by atoms with Crippen LogP contribution in [0.3, 0.4) is 0 Å². The van der Waals surface area contributed by atoms with Crippen LogP contribution in [0.25, 0.3) is 11.4 Å². The molecule has 1 atom stereocenters. The molecule has 1 fully saturated rings. The fraction of sp³-hybridized carbons (Fsp3) is 0.519. The van der Waals surface area contributed by atoms with Gasteiger partial charge in [-0.2, -0.15) is 0 Å². The van der Waals surface area contributed by atoms with Crippen LogP contribution in [0, 0.1) is 18.3 Å². The number of esters is 1. The van der Waals surface area contributed by atoms with E-state index >= 15 is 0 Å². The number of benzene rings is 1. The first-order valence-corrected chi connectivity index (χ1v) is 12.8. The van der Waals surface area contributed by atoms with Gasteiger partial charge in [0.1, 0.15) is 11.3 Å². The zero-order valence-electron chi connectivity index (χ0n) is 21.9. The van der Waals surface area contributed by atoms with Crippen molar-refractivity contribution in [1.29, 1.82) is 0 Å². The van der Waals surface area contributed by atoms with Crippen LogP contribution >= 0.6 is 11.6 Å². The van der Waals surface area contributed by atoms with Gasteiger partial charge in [-0.3, -0.25) is 9.59 Å². The highest BCUT2D eigenvalue weighted by Gasteiger charge is 2.38. The minimum absolute atomic E-state index is 0.0168. The number of alkyl halides is 1. The molecule has 2 amide bonds. The number of amides is 2. The van der Waals surface area contributed by atoms with E-state index in [1.807, 2.05) is 65.0 Å². The number of hydrogen-bond acceptors (Lipinski definition) is 6. The number of halogens is 1. The molecule has 194 valence electrons. The Morgan fingerprint density at radius 1 is 1.14 bits per heavy atom. The Morgan fingerprint density at radius 2 is 1.81 bits per heavy atom. The van der Waals surface area contributed by atoms with Crippen molar-refractivity contribution in [3.63, 3.8) is 0 Å². The summed E-state index contributed by atoms with van der Waals surface area (Å²) in [4.78, 5) is 52.3. The Hall–Kier alpha value is -3.00. The average molecular weight is 515 g/mol. The lowest BCUT2D eigenvalue weighted by Crippen LogP contribution is -2.58. The van der Waals surface area contributed by atoms with Crippen LogP contribution in [-0.2, 0) is 9.53 Å². The molecule has 0 spiro atoms. The first kappa shape index (κ1) is 27.6.